The molecule has 0 saturated carbocycles. The van der Waals surface area contributed by atoms with Gasteiger partial charge in [-0.15, -0.1) is 0 Å². The van der Waals surface area contributed by atoms with E-state index in [4.69, 9.17) is 44.3 Å². The Morgan fingerprint density at radius 1 is 1.06 bits per heavy atom. The molecule has 0 unspecified atom stereocenters. The van der Waals surface area contributed by atoms with Crippen LogP contribution in [0.25, 0.3) is 6.08 Å². The molecule has 0 saturated heterocycles. The zero-order valence-electron chi connectivity index (χ0n) is 17.8. The van der Waals surface area contributed by atoms with Crippen LogP contribution in [0.3, 0.4) is 0 Å². The zero-order valence-corrected chi connectivity index (χ0v) is 20.1. The molecular weight excluding hydrogens is 483 g/mol. The Morgan fingerprint density at radius 2 is 1.79 bits per heavy atom. The third-order valence-electron chi connectivity index (χ3n) is 4.77. The SMILES string of the molecule is COc1cc(/C=C(/C#N)C(=O)Nc2cccc(Cl)c2C)cc(Cl)c1OCc1ccccc1Cl. The molecule has 168 valence electrons. The number of amides is 1. The molecule has 0 atom stereocenters. The molecule has 1 amide bonds. The number of methoxy groups -OCH3 is 1. The van der Waals surface area contributed by atoms with Gasteiger partial charge in [0.05, 0.1) is 12.1 Å². The average molecular weight is 502 g/mol. The number of nitrogens with one attached hydrogen (secondary N) is 1. The van der Waals surface area contributed by atoms with Crippen LogP contribution in [0.4, 0.5) is 5.69 Å². The number of carbonyl (C=O) groups excluding carboxylic acids is 1. The average Bonchev–Trinajstić information content (AvgIpc) is 2.80. The van der Waals surface area contributed by atoms with Crippen LogP contribution in [0.5, 0.6) is 11.5 Å². The van der Waals surface area contributed by atoms with Crippen LogP contribution in [0, 0.1) is 18.3 Å². The summed E-state index contributed by atoms with van der Waals surface area (Å²) in [6, 6.07) is 17.6. The van der Waals surface area contributed by atoms with E-state index in [1.54, 1.807) is 43.3 Å². The lowest BCUT2D eigenvalue weighted by Crippen LogP contribution is -2.14. The van der Waals surface area contributed by atoms with Gasteiger partial charge in [-0.05, 0) is 54.5 Å². The molecule has 5 nitrogen and oxygen atoms in total. The Kier molecular flexibility index (Phi) is 8.24. The van der Waals surface area contributed by atoms with E-state index in [2.05, 4.69) is 5.32 Å². The van der Waals surface area contributed by atoms with Crippen LogP contribution in [0.1, 0.15) is 16.7 Å². The monoisotopic (exact) mass is 500 g/mol. The second-order valence-corrected chi connectivity index (χ2v) is 8.17. The van der Waals surface area contributed by atoms with Crippen LogP contribution in [0.15, 0.2) is 60.2 Å². The van der Waals surface area contributed by atoms with E-state index in [0.717, 1.165) is 5.56 Å². The summed E-state index contributed by atoms with van der Waals surface area (Å²) < 4.78 is 11.3. The number of carbonyl (C=O) groups is 1. The highest BCUT2D eigenvalue weighted by Gasteiger charge is 2.16. The van der Waals surface area contributed by atoms with Crippen LogP contribution in [-0.2, 0) is 11.4 Å². The van der Waals surface area contributed by atoms with Gasteiger partial charge in [0.2, 0.25) is 0 Å². The third kappa shape index (κ3) is 6.00. The molecule has 0 aliphatic rings. The van der Waals surface area contributed by atoms with E-state index >= 15 is 0 Å². The van der Waals surface area contributed by atoms with E-state index in [1.807, 2.05) is 24.3 Å². The molecule has 0 fully saturated rings. The summed E-state index contributed by atoms with van der Waals surface area (Å²) in [7, 11) is 1.47. The number of rotatable bonds is 7. The number of hydrogen-bond acceptors (Lipinski definition) is 4. The molecule has 0 bridgehead atoms. The van der Waals surface area contributed by atoms with Crippen molar-refractivity contribution >= 4 is 52.5 Å². The Labute approximate surface area is 207 Å². The largest absolute Gasteiger partial charge is 0.493 e. The van der Waals surface area contributed by atoms with Crippen molar-refractivity contribution in [1.29, 1.82) is 5.26 Å². The zero-order chi connectivity index (χ0) is 24.0. The van der Waals surface area contributed by atoms with Gasteiger partial charge in [0, 0.05) is 21.3 Å². The summed E-state index contributed by atoms with van der Waals surface area (Å²) in [5.41, 5.74) is 2.40. The minimum Gasteiger partial charge on any atom is -0.493 e. The Morgan fingerprint density at radius 3 is 2.48 bits per heavy atom. The predicted molar refractivity (Wildman–Crippen MR) is 132 cm³/mol. The van der Waals surface area contributed by atoms with Gasteiger partial charge in [-0.25, -0.2) is 0 Å². The lowest BCUT2D eigenvalue weighted by Gasteiger charge is -2.14. The highest BCUT2D eigenvalue weighted by atomic mass is 35.5. The fraction of sp³-hybridized carbons (Fsp3) is 0.120. The molecule has 1 N–H and O–H groups in total. The van der Waals surface area contributed by atoms with E-state index in [9.17, 15) is 10.1 Å². The van der Waals surface area contributed by atoms with E-state index in [1.165, 1.54) is 13.2 Å². The molecule has 8 heteroatoms. The summed E-state index contributed by atoms with van der Waals surface area (Å²) in [4.78, 5) is 12.7. The first-order valence-electron chi connectivity index (χ1n) is 9.76. The lowest BCUT2D eigenvalue weighted by molar-refractivity contribution is -0.112. The third-order valence-corrected chi connectivity index (χ3v) is 5.83. The maximum atomic E-state index is 12.7. The van der Waals surface area contributed by atoms with Crippen molar-refractivity contribution in [1.82, 2.24) is 0 Å². The molecule has 3 rings (SSSR count). The minimum atomic E-state index is -0.572. The molecular formula is C25H19Cl3N2O3. The van der Waals surface area contributed by atoms with Gasteiger partial charge in [-0.1, -0.05) is 59.1 Å². The smallest absolute Gasteiger partial charge is 0.266 e. The van der Waals surface area contributed by atoms with Crippen molar-refractivity contribution in [2.75, 3.05) is 12.4 Å². The predicted octanol–water partition coefficient (Wildman–Crippen LogP) is 7.09. The second-order valence-electron chi connectivity index (χ2n) is 6.95. The van der Waals surface area contributed by atoms with Crippen LogP contribution in [-0.4, -0.2) is 13.0 Å². The first-order valence-corrected chi connectivity index (χ1v) is 10.9. The number of anilines is 1. The molecule has 0 aromatic heterocycles. The van der Waals surface area contributed by atoms with E-state index < -0.39 is 5.91 Å². The fourth-order valence-electron chi connectivity index (χ4n) is 2.98. The summed E-state index contributed by atoms with van der Waals surface area (Å²) in [6.45, 7) is 1.97. The van der Waals surface area contributed by atoms with Crippen molar-refractivity contribution in [3.63, 3.8) is 0 Å². The van der Waals surface area contributed by atoms with Crippen LogP contribution in [0.2, 0.25) is 15.1 Å². The molecule has 0 radical (unpaired) electrons. The summed E-state index contributed by atoms with van der Waals surface area (Å²) in [5.74, 6) is 0.106. The van der Waals surface area contributed by atoms with Gasteiger partial charge in [0.1, 0.15) is 18.2 Å². The highest BCUT2D eigenvalue weighted by Crippen LogP contribution is 2.38. The van der Waals surface area contributed by atoms with Crippen molar-refractivity contribution in [3.05, 3.63) is 91.9 Å². The summed E-state index contributed by atoms with van der Waals surface area (Å²) in [6.07, 6.45) is 1.42. The maximum absolute atomic E-state index is 12.7. The Balaban J connectivity index is 1.85. The summed E-state index contributed by atoms with van der Waals surface area (Å²) >= 11 is 18.7. The van der Waals surface area contributed by atoms with Crippen molar-refractivity contribution in [2.45, 2.75) is 13.5 Å². The number of hydrogen-bond donors (Lipinski definition) is 1. The quantitative estimate of drug-likeness (QED) is 0.277. The van der Waals surface area contributed by atoms with Gasteiger partial charge >= 0.3 is 0 Å². The van der Waals surface area contributed by atoms with Crippen LogP contribution < -0.4 is 14.8 Å². The normalized spacial score (nSPS) is 11.0. The Bertz CT molecular complexity index is 1270. The lowest BCUT2D eigenvalue weighted by atomic mass is 10.1. The van der Waals surface area contributed by atoms with Gasteiger partial charge in [-0.2, -0.15) is 5.26 Å². The first-order chi connectivity index (χ1) is 15.8. The van der Waals surface area contributed by atoms with Crippen molar-refractivity contribution in [3.8, 4) is 17.6 Å². The number of nitriles is 1. The molecule has 0 spiro atoms. The summed E-state index contributed by atoms with van der Waals surface area (Å²) in [5, 5.41) is 13.6. The number of nitrogens with zero attached hydrogens (tertiary/aromatic N) is 1. The van der Waals surface area contributed by atoms with Crippen LogP contribution >= 0.6 is 34.8 Å². The van der Waals surface area contributed by atoms with Gasteiger partial charge in [-0.3, -0.25) is 4.79 Å². The molecule has 3 aromatic carbocycles. The number of benzene rings is 3. The highest BCUT2D eigenvalue weighted by molar-refractivity contribution is 6.33. The molecule has 3 aromatic rings. The number of ether oxygens (including phenoxy) is 2. The van der Waals surface area contributed by atoms with Gasteiger partial charge in [0.15, 0.2) is 11.5 Å². The van der Waals surface area contributed by atoms with Gasteiger partial charge in [0.25, 0.3) is 5.91 Å². The molecule has 0 heterocycles. The molecule has 33 heavy (non-hydrogen) atoms. The van der Waals surface area contributed by atoms with E-state index in [0.29, 0.717) is 38.4 Å². The van der Waals surface area contributed by atoms with E-state index in [-0.39, 0.29) is 17.2 Å². The number of halogens is 3. The van der Waals surface area contributed by atoms with Crippen molar-refractivity contribution in [2.24, 2.45) is 0 Å². The van der Waals surface area contributed by atoms with Crippen molar-refractivity contribution < 1.29 is 14.3 Å². The minimum absolute atomic E-state index is 0.114. The van der Waals surface area contributed by atoms with Gasteiger partial charge < -0.3 is 14.8 Å². The Hall–Kier alpha value is -3.17. The molecule has 0 aliphatic heterocycles. The standard InChI is InChI=1S/C25H19Cl3N2O3/c1-15-19(26)8-5-9-22(15)30-25(31)18(13-29)10-16-11-21(28)24(23(12-16)32-2)33-14-17-6-3-4-7-20(17)27/h3-12H,14H2,1-2H3,(H,30,31)/b18-10-. The molecule has 0 aliphatic carbocycles. The fourth-order valence-corrected chi connectivity index (χ4v) is 3.61. The maximum Gasteiger partial charge on any atom is 0.266 e. The second kappa shape index (κ2) is 11.1. The topological polar surface area (TPSA) is 71.3 Å². The first kappa shape index (κ1) is 24.5.